The number of imide groups is 1. The molecule has 2 aromatic carbocycles. The molecule has 0 aliphatic heterocycles. The fourth-order valence-corrected chi connectivity index (χ4v) is 1.25. The van der Waals surface area contributed by atoms with Crippen molar-refractivity contribution >= 4 is 24.2 Å². The van der Waals surface area contributed by atoms with E-state index >= 15 is 0 Å². The van der Waals surface area contributed by atoms with Crippen molar-refractivity contribution in [3.8, 4) is 0 Å². The van der Waals surface area contributed by atoms with Crippen LogP contribution in [0, 0.1) is 0 Å². The molecule has 2 aromatic rings. The van der Waals surface area contributed by atoms with E-state index in [-0.39, 0.29) is 0 Å². The van der Waals surface area contributed by atoms with E-state index in [1.165, 1.54) is 0 Å². The third kappa shape index (κ3) is 4.09. The first kappa shape index (κ1) is 13.4. The predicted octanol–water partition coefficient (Wildman–Crippen LogP) is 2.07. The number of nitrogens with zero attached hydrogens (tertiary/aromatic N) is 1. The third-order valence-corrected chi connectivity index (χ3v) is 2.11. The summed E-state index contributed by atoms with van der Waals surface area (Å²) in [6, 6.07) is 18.6. The molecule has 2 N–H and O–H groups in total. The average Bonchev–Trinajstić information content (AvgIpc) is 2.45. The topological polar surface area (TPSA) is 63.4 Å². The van der Waals surface area contributed by atoms with Crippen LogP contribution in [0.4, 0.5) is 11.4 Å². The molecule has 2 rings (SSSR count). The maximum Gasteiger partial charge on any atom is 0.220 e. The molecule has 0 saturated carbocycles. The fourth-order valence-electron chi connectivity index (χ4n) is 1.25. The van der Waals surface area contributed by atoms with Crippen LogP contribution >= 0.6 is 0 Å². The minimum Gasteiger partial charge on any atom is -0.397 e. The smallest absolute Gasteiger partial charge is 0.220 e. The van der Waals surface area contributed by atoms with Crippen LogP contribution in [0.2, 0.25) is 0 Å². The van der Waals surface area contributed by atoms with Gasteiger partial charge in [0.1, 0.15) is 0 Å². The van der Waals surface area contributed by atoms with Crippen LogP contribution in [-0.2, 0) is 9.59 Å². The number of anilines is 2. The van der Waals surface area contributed by atoms with Crippen molar-refractivity contribution in [2.75, 3.05) is 10.6 Å². The standard InChI is InChI=1S/C8H8N2O2.C6H6/c9-7-3-1-2-4-8(7)10(5-11)6-12;1-2-4-6-5-3-1/h1-6H,9H2;1-6H. The SMILES string of the molecule is Nc1ccccc1N(C=O)C=O.c1ccccc1. The first-order valence-electron chi connectivity index (χ1n) is 5.33. The zero-order valence-electron chi connectivity index (χ0n) is 9.77. The highest BCUT2D eigenvalue weighted by Crippen LogP contribution is 2.19. The van der Waals surface area contributed by atoms with E-state index in [9.17, 15) is 9.59 Å². The Morgan fingerprint density at radius 3 is 1.61 bits per heavy atom. The second-order valence-corrected chi connectivity index (χ2v) is 3.33. The van der Waals surface area contributed by atoms with Gasteiger partial charge in [-0.2, -0.15) is 0 Å². The minimum atomic E-state index is 0.400. The number of nitrogen functional groups attached to an aromatic ring is 1. The van der Waals surface area contributed by atoms with Gasteiger partial charge in [0.05, 0.1) is 11.4 Å². The van der Waals surface area contributed by atoms with Crippen LogP contribution < -0.4 is 10.6 Å². The van der Waals surface area contributed by atoms with Crippen LogP contribution in [0.5, 0.6) is 0 Å². The lowest BCUT2D eigenvalue weighted by Crippen LogP contribution is -2.19. The molecule has 0 unspecified atom stereocenters. The first-order chi connectivity index (χ1) is 8.79. The summed E-state index contributed by atoms with van der Waals surface area (Å²) < 4.78 is 0. The highest BCUT2D eigenvalue weighted by atomic mass is 16.2. The molecule has 0 aromatic heterocycles. The molecule has 0 heterocycles. The lowest BCUT2D eigenvalue weighted by Gasteiger charge is -2.10. The van der Waals surface area contributed by atoms with Gasteiger partial charge >= 0.3 is 0 Å². The lowest BCUT2D eigenvalue weighted by molar-refractivity contribution is -0.113. The Kier molecular flexibility index (Phi) is 5.69. The zero-order valence-corrected chi connectivity index (χ0v) is 9.77. The number of carbonyl (C=O) groups excluding carboxylic acids is 2. The van der Waals surface area contributed by atoms with Gasteiger partial charge in [-0.3, -0.25) is 14.5 Å². The fraction of sp³-hybridized carbons (Fsp3) is 0. The van der Waals surface area contributed by atoms with E-state index in [1.54, 1.807) is 24.3 Å². The van der Waals surface area contributed by atoms with E-state index in [1.807, 2.05) is 36.4 Å². The summed E-state index contributed by atoms with van der Waals surface area (Å²) in [5.41, 5.74) is 6.32. The van der Waals surface area contributed by atoms with Gasteiger partial charge in [-0.25, -0.2) is 0 Å². The molecule has 4 nitrogen and oxygen atoms in total. The number of amides is 2. The van der Waals surface area contributed by atoms with E-state index in [2.05, 4.69) is 0 Å². The van der Waals surface area contributed by atoms with E-state index in [0.29, 0.717) is 24.2 Å². The quantitative estimate of drug-likeness (QED) is 0.662. The second kappa shape index (κ2) is 7.62. The van der Waals surface area contributed by atoms with Crippen molar-refractivity contribution < 1.29 is 9.59 Å². The van der Waals surface area contributed by atoms with Gasteiger partial charge in [-0.15, -0.1) is 0 Å². The van der Waals surface area contributed by atoms with Crippen molar-refractivity contribution in [2.45, 2.75) is 0 Å². The minimum absolute atomic E-state index is 0.400. The highest BCUT2D eigenvalue weighted by Gasteiger charge is 2.05. The van der Waals surface area contributed by atoms with Crippen molar-refractivity contribution in [3.63, 3.8) is 0 Å². The normalized spacial score (nSPS) is 8.67. The van der Waals surface area contributed by atoms with Gasteiger partial charge in [0.2, 0.25) is 12.8 Å². The molecule has 92 valence electrons. The van der Waals surface area contributed by atoms with Gasteiger partial charge in [0.15, 0.2) is 0 Å². The Bertz CT molecular complexity index is 451. The molecule has 0 spiro atoms. The zero-order chi connectivity index (χ0) is 13.2. The molecule has 0 aliphatic carbocycles. The molecule has 0 fully saturated rings. The van der Waals surface area contributed by atoms with Crippen LogP contribution in [0.3, 0.4) is 0 Å². The Morgan fingerprint density at radius 2 is 1.22 bits per heavy atom. The Morgan fingerprint density at radius 1 is 0.778 bits per heavy atom. The lowest BCUT2D eigenvalue weighted by atomic mass is 10.2. The summed E-state index contributed by atoms with van der Waals surface area (Å²) in [4.78, 5) is 21.5. The Hall–Kier alpha value is -2.62. The molecule has 4 heteroatoms. The van der Waals surface area contributed by atoms with E-state index in [4.69, 9.17) is 5.73 Å². The Balaban J connectivity index is 0.000000225. The van der Waals surface area contributed by atoms with E-state index in [0.717, 1.165) is 4.90 Å². The van der Waals surface area contributed by atoms with Gasteiger partial charge in [0, 0.05) is 0 Å². The molecule has 0 atom stereocenters. The number of para-hydroxylation sites is 2. The average molecular weight is 242 g/mol. The maximum absolute atomic E-state index is 10.3. The highest BCUT2D eigenvalue weighted by molar-refractivity contribution is 5.98. The summed E-state index contributed by atoms with van der Waals surface area (Å²) in [6.07, 6.45) is 0.831. The molecular formula is C14H14N2O2. The van der Waals surface area contributed by atoms with Gasteiger partial charge in [-0.1, -0.05) is 48.5 Å². The number of hydrogen-bond acceptors (Lipinski definition) is 3. The van der Waals surface area contributed by atoms with Crippen molar-refractivity contribution in [3.05, 3.63) is 60.7 Å². The molecule has 0 bridgehead atoms. The number of benzene rings is 2. The summed E-state index contributed by atoms with van der Waals surface area (Å²) in [6.45, 7) is 0. The van der Waals surface area contributed by atoms with Crippen LogP contribution in [0.15, 0.2) is 60.7 Å². The molecule has 0 radical (unpaired) electrons. The third-order valence-electron chi connectivity index (χ3n) is 2.11. The molecule has 0 saturated heterocycles. The monoisotopic (exact) mass is 242 g/mol. The molecule has 2 amide bonds. The molecule has 18 heavy (non-hydrogen) atoms. The van der Waals surface area contributed by atoms with Gasteiger partial charge < -0.3 is 5.73 Å². The maximum atomic E-state index is 10.3. The second-order valence-electron chi connectivity index (χ2n) is 3.33. The van der Waals surface area contributed by atoms with Crippen LogP contribution in [0.1, 0.15) is 0 Å². The first-order valence-corrected chi connectivity index (χ1v) is 5.33. The molecule has 0 aliphatic rings. The summed E-state index contributed by atoms with van der Waals surface area (Å²) in [5.74, 6) is 0. The number of carbonyl (C=O) groups is 2. The largest absolute Gasteiger partial charge is 0.397 e. The van der Waals surface area contributed by atoms with Crippen molar-refractivity contribution in [1.82, 2.24) is 0 Å². The van der Waals surface area contributed by atoms with Gasteiger partial charge in [0.25, 0.3) is 0 Å². The van der Waals surface area contributed by atoms with Crippen molar-refractivity contribution in [2.24, 2.45) is 0 Å². The summed E-state index contributed by atoms with van der Waals surface area (Å²) in [7, 11) is 0. The van der Waals surface area contributed by atoms with Gasteiger partial charge in [-0.05, 0) is 12.1 Å². The van der Waals surface area contributed by atoms with Crippen LogP contribution in [0.25, 0.3) is 0 Å². The summed E-state index contributed by atoms with van der Waals surface area (Å²) in [5, 5.41) is 0. The number of nitrogens with two attached hydrogens (primary N) is 1. The van der Waals surface area contributed by atoms with E-state index < -0.39 is 0 Å². The number of rotatable bonds is 3. The number of hydrogen-bond donors (Lipinski definition) is 1. The van der Waals surface area contributed by atoms with Crippen molar-refractivity contribution in [1.29, 1.82) is 0 Å². The summed E-state index contributed by atoms with van der Waals surface area (Å²) >= 11 is 0. The van der Waals surface area contributed by atoms with Crippen LogP contribution in [-0.4, -0.2) is 12.8 Å². The Labute approximate surface area is 106 Å². The predicted molar refractivity (Wildman–Crippen MR) is 71.9 cm³/mol. The molecular weight excluding hydrogens is 228 g/mol.